The van der Waals surface area contributed by atoms with Crippen molar-refractivity contribution >= 4 is 64.3 Å². The van der Waals surface area contributed by atoms with E-state index in [1.54, 1.807) is 18.2 Å². The number of allylic oxidation sites excluding steroid dienone is 1. The van der Waals surface area contributed by atoms with Crippen LogP contribution in [0.1, 0.15) is 0 Å². The van der Waals surface area contributed by atoms with Crippen LogP contribution in [-0.4, -0.2) is 17.3 Å². The molecule has 0 aliphatic heterocycles. The van der Waals surface area contributed by atoms with E-state index < -0.39 is 11.0 Å². The normalized spacial score (nSPS) is 12.4. The summed E-state index contributed by atoms with van der Waals surface area (Å²) < 4.78 is 0. The molecule has 0 saturated carbocycles. The highest BCUT2D eigenvalue weighted by molar-refractivity contribution is 6.51. The summed E-state index contributed by atoms with van der Waals surface area (Å²) >= 11 is 22.5. The number of carboxylic acid groups (broad SMARTS) is 1. The highest BCUT2D eigenvalue weighted by Crippen LogP contribution is 2.22. The molecule has 4 nitrogen and oxygen atoms in total. The molecule has 0 amide bonds. The molecule has 0 heterocycles. The zero-order valence-electron chi connectivity index (χ0n) is 8.62. The van der Waals surface area contributed by atoms with Gasteiger partial charge < -0.3 is 5.11 Å². The molecule has 0 aliphatic rings. The lowest BCUT2D eigenvalue weighted by Crippen LogP contribution is -1.97. The minimum absolute atomic E-state index is 0.204. The molecular weight excluding hydrogens is 322 g/mol. The molecule has 1 rings (SSSR count). The van der Waals surface area contributed by atoms with Crippen molar-refractivity contribution in [2.75, 3.05) is 5.43 Å². The molecule has 8 heteroatoms. The topological polar surface area (TPSA) is 61.7 Å². The summed E-state index contributed by atoms with van der Waals surface area (Å²) in [5, 5.41) is 12.4. The van der Waals surface area contributed by atoms with Crippen molar-refractivity contribution in [3.05, 3.63) is 38.3 Å². The number of hydrogen-bond acceptors (Lipinski definition) is 3. The molecule has 0 saturated heterocycles. The van der Waals surface area contributed by atoms with Gasteiger partial charge in [-0.25, -0.2) is 4.79 Å². The van der Waals surface area contributed by atoms with E-state index in [1.165, 1.54) is 0 Å². The SMILES string of the molecule is O=C(O)/C(Cl)=C(Cl)/C=N/Nc1cc(Cl)cc(Cl)c1. The van der Waals surface area contributed by atoms with Gasteiger partial charge in [0, 0.05) is 10.0 Å². The largest absolute Gasteiger partial charge is 0.477 e. The predicted octanol–water partition coefficient (Wildman–Crippen LogP) is 4.16. The minimum Gasteiger partial charge on any atom is -0.477 e. The molecule has 96 valence electrons. The molecule has 0 aliphatic carbocycles. The van der Waals surface area contributed by atoms with Crippen LogP contribution in [0.5, 0.6) is 0 Å². The lowest BCUT2D eigenvalue weighted by Gasteiger charge is -2.01. The zero-order valence-corrected chi connectivity index (χ0v) is 11.6. The number of benzene rings is 1. The molecule has 0 spiro atoms. The number of hydrogen-bond donors (Lipinski definition) is 2. The molecule has 0 bridgehead atoms. The van der Waals surface area contributed by atoms with Crippen molar-refractivity contribution in [2.24, 2.45) is 5.10 Å². The van der Waals surface area contributed by atoms with E-state index in [2.05, 4.69) is 10.5 Å². The van der Waals surface area contributed by atoms with Crippen LogP contribution in [0.25, 0.3) is 0 Å². The van der Waals surface area contributed by atoms with E-state index in [1.807, 2.05) is 0 Å². The summed E-state index contributed by atoms with van der Waals surface area (Å²) in [7, 11) is 0. The van der Waals surface area contributed by atoms with E-state index in [9.17, 15) is 4.79 Å². The van der Waals surface area contributed by atoms with Crippen LogP contribution in [0, 0.1) is 0 Å². The van der Waals surface area contributed by atoms with Crippen molar-refractivity contribution in [2.45, 2.75) is 0 Å². The number of carbonyl (C=O) groups is 1. The average Bonchev–Trinajstić information content (AvgIpc) is 2.26. The highest BCUT2D eigenvalue weighted by atomic mass is 35.5. The number of anilines is 1. The summed E-state index contributed by atoms with van der Waals surface area (Å²) in [6, 6.07) is 4.73. The molecular formula is C10H6Cl4N2O2. The first-order chi connectivity index (χ1) is 8.40. The number of hydrazone groups is 1. The smallest absolute Gasteiger partial charge is 0.348 e. The first-order valence-corrected chi connectivity index (χ1v) is 5.95. The van der Waals surface area contributed by atoms with Gasteiger partial charge in [-0.05, 0) is 18.2 Å². The van der Waals surface area contributed by atoms with Gasteiger partial charge in [-0.1, -0.05) is 46.4 Å². The van der Waals surface area contributed by atoms with Gasteiger partial charge in [0.1, 0.15) is 5.03 Å². The van der Waals surface area contributed by atoms with E-state index in [0.717, 1.165) is 6.21 Å². The lowest BCUT2D eigenvalue weighted by atomic mass is 10.3. The number of nitrogens with one attached hydrogen (secondary N) is 1. The Labute approximate surface area is 123 Å². The van der Waals surface area contributed by atoms with Gasteiger partial charge >= 0.3 is 5.97 Å². The van der Waals surface area contributed by atoms with Gasteiger partial charge in [-0.2, -0.15) is 5.10 Å². The monoisotopic (exact) mass is 326 g/mol. The fraction of sp³-hybridized carbons (Fsp3) is 0. The fourth-order valence-electron chi connectivity index (χ4n) is 0.941. The average molecular weight is 328 g/mol. The van der Waals surface area contributed by atoms with Crippen molar-refractivity contribution in [1.82, 2.24) is 0 Å². The van der Waals surface area contributed by atoms with E-state index in [4.69, 9.17) is 51.5 Å². The highest BCUT2D eigenvalue weighted by Gasteiger charge is 2.07. The Morgan fingerprint density at radius 1 is 1.22 bits per heavy atom. The quantitative estimate of drug-likeness (QED) is 0.495. The number of carboxylic acids is 1. The lowest BCUT2D eigenvalue weighted by molar-refractivity contribution is -0.131. The van der Waals surface area contributed by atoms with Crippen LogP contribution < -0.4 is 5.43 Å². The molecule has 0 radical (unpaired) electrons. The predicted molar refractivity (Wildman–Crippen MR) is 74.9 cm³/mol. The Kier molecular flexibility index (Phi) is 5.75. The molecule has 2 N–H and O–H groups in total. The van der Waals surface area contributed by atoms with Crippen LogP contribution in [0.2, 0.25) is 10.0 Å². The van der Waals surface area contributed by atoms with Crippen molar-refractivity contribution in [3.8, 4) is 0 Å². The van der Waals surface area contributed by atoms with Crippen LogP contribution >= 0.6 is 46.4 Å². The van der Waals surface area contributed by atoms with E-state index in [-0.39, 0.29) is 5.03 Å². The Morgan fingerprint density at radius 3 is 2.28 bits per heavy atom. The molecule has 0 aromatic heterocycles. The van der Waals surface area contributed by atoms with Gasteiger partial charge in [-0.3, -0.25) is 5.43 Å². The van der Waals surface area contributed by atoms with Crippen LogP contribution in [-0.2, 0) is 4.79 Å². The van der Waals surface area contributed by atoms with Crippen molar-refractivity contribution in [3.63, 3.8) is 0 Å². The number of aliphatic carboxylic acids is 1. The van der Waals surface area contributed by atoms with Crippen LogP contribution in [0.3, 0.4) is 0 Å². The Bertz CT molecular complexity index is 508. The summed E-state index contributed by atoms with van der Waals surface area (Å²) in [4.78, 5) is 10.5. The van der Waals surface area contributed by atoms with Gasteiger partial charge in [-0.15, -0.1) is 0 Å². The summed E-state index contributed by atoms with van der Waals surface area (Å²) in [5.74, 6) is -1.33. The first kappa shape index (κ1) is 15.1. The minimum atomic E-state index is -1.33. The Morgan fingerprint density at radius 2 is 1.78 bits per heavy atom. The van der Waals surface area contributed by atoms with E-state index >= 15 is 0 Å². The third-order valence-electron chi connectivity index (χ3n) is 1.63. The summed E-state index contributed by atoms with van der Waals surface area (Å²) in [6.45, 7) is 0. The van der Waals surface area contributed by atoms with Gasteiger partial charge in [0.25, 0.3) is 0 Å². The van der Waals surface area contributed by atoms with Crippen LogP contribution in [0.15, 0.2) is 33.4 Å². The third-order valence-corrected chi connectivity index (χ3v) is 2.82. The molecule has 0 atom stereocenters. The van der Waals surface area contributed by atoms with Gasteiger partial charge in [0.2, 0.25) is 0 Å². The van der Waals surface area contributed by atoms with Crippen molar-refractivity contribution < 1.29 is 9.90 Å². The maximum Gasteiger partial charge on any atom is 0.348 e. The Hall–Kier alpha value is -0.940. The number of rotatable bonds is 4. The number of nitrogens with zero attached hydrogens (tertiary/aromatic N) is 1. The standard InChI is InChI=1S/C10H6Cl4N2O2/c11-5-1-6(12)3-7(2-5)16-15-4-8(13)9(14)10(17)18/h1-4,16H,(H,17,18)/b9-8+,15-4+. The second kappa shape index (κ2) is 6.85. The molecule has 1 aromatic carbocycles. The zero-order chi connectivity index (χ0) is 13.7. The first-order valence-electron chi connectivity index (χ1n) is 4.44. The second-order valence-electron chi connectivity index (χ2n) is 3.00. The van der Waals surface area contributed by atoms with Gasteiger partial charge in [0.05, 0.1) is 16.9 Å². The molecule has 18 heavy (non-hydrogen) atoms. The number of halogens is 4. The summed E-state index contributed by atoms with van der Waals surface area (Å²) in [5.41, 5.74) is 3.11. The summed E-state index contributed by atoms with van der Waals surface area (Å²) in [6.07, 6.45) is 1.06. The third kappa shape index (κ3) is 4.74. The van der Waals surface area contributed by atoms with Crippen LogP contribution in [0.4, 0.5) is 5.69 Å². The second-order valence-corrected chi connectivity index (χ2v) is 4.65. The van der Waals surface area contributed by atoms with Crippen molar-refractivity contribution in [1.29, 1.82) is 0 Å². The Balaban J connectivity index is 2.76. The molecule has 0 fully saturated rings. The molecule has 1 aromatic rings. The fourth-order valence-corrected chi connectivity index (χ4v) is 1.65. The van der Waals surface area contributed by atoms with Gasteiger partial charge in [0.15, 0.2) is 0 Å². The maximum absolute atomic E-state index is 10.5. The van der Waals surface area contributed by atoms with E-state index in [0.29, 0.717) is 15.7 Å². The maximum atomic E-state index is 10.5. The molecule has 0 unspecified atom stereocenters.